The number of rotatable bonds is 6. The van der Waals surface area contributed by atoms with E-state index in [2.05, 4.69) is 9.89 Å². The molecular weight excluding hydrogens is 518 g/mol. The second-order valence-electron chi connectivity index (χ2n) is 7.09. The third-order valence-electron chi connectivity index (χ3n) is 5.10. The molecular formula is C21H28FIN4O2S. The van der Waals surface area contributed by atoms with Gasteiger partial charge in [0, 0.05) is 31.9 Å². The van der Waals surface area contributed by atoms with Gasteiger partial charge in [-0.2, -0.15) is 0 Å². The van der Waals surface area contributed by atoms with E-state index in [9.17, 15) is 12.8 Å². The van der Waals surface area contributed by atoms with Gasteiger partial charge in [-0.3, -0.25) is 0 Å². The quantitative estimate of drug-likeness (QED) is 0.342. The van der Waals surface area contributed by atoms with E-state index in [-0.39, 0.29) is 35.5 Å². The van der Waals surface area contributed by atoms with Crippen molar-refractivity contribution in [2.45, 2.75) is 24.3 Å². The highest BCUT2D eigenvalue weighted by atomic mass is 127. The third-order valence-corrected chi connectivity index (χ3v) is 6.91. The number of hydrogen-bond donors (Lipinski definition) is 1. The van der Waals surface area contributed by atoms with Crippen molar-refractivity contribution in [3.8, 4) is 0 Å². The molecule has 1 saturated heterocycles. The second kappa shape index (κ2) is 10.9. The van der Waals surface area contributed by atoms with E-state index in [0.717, 1.165) is 18.8 Å². The van der Waals surface area contributed by atoms with Crippen LogP contribution in [0.2, 0.25) is 0 Å². The first kappa shape index (κ1) is 24.4. The van der Waals surface area contributed by atoms with Gasteiger partial charge in [0.25, 0.3) is 0 Å². The van der Waals surface area contributed by atoms with Gasteiger partial charge < -0.3 is 15.5 Å². The minimum absolute atomic E-state index is 0. The van der Waals surface area contributed by atoms with Crippen LogP contribution in [0.5, 0.6) is 0 Å². The lowest BCUT2D eigenvalue weighted by molar-refractivity contribution is 0.379. The molecule has 1 aliphatic heterocycles. The third kappa shape index (κ3) is 6.31. The van der Waals surface area contributed by atoms with Crippen molar-refractivity contribution in [3.05, 3.63) is 60.4 Å². The van der Waals surface area contributed by atoms with E-state index in [1.165, 1.54) is 12.1 Å². The van der Waals surface area contributed by atoms with Crippen LogP contribution in [-0.4, -0.2) is 57.3 Å². The molecule has 0 aromatic heterocycles. The maximum absolute atomic E-state index is 13.1. The van der Waals surface area contributed by atoms with E-state index < -0.39 is 15.9 Å². The number of anilines is 1. The smallest absolute Gasteiger partial charge is 0.191 e. The molecule has 2 N–H and O–H groups in total. The summed E-state index contributed by atoms with van der Waals surface area (Å²) in [5.41, 5.74) is 7.17. The van der Waals surface area contributed by atoms with Crippen LogP contribution in [0.1, 0.15) is 13.3 Å². The molecule has 3 rings (SSSR count). The molecule has 30 heavy (non-hydrogen) atoms. The van der Waals surface area contributed by atoms with Gasteiger partial charge in [-0.15, -0.1) is 24.0 Å². The van der Waals surface area contributed by atoms with Crippen molar-refractivity contribution in [2.75, 3.05) is 36.8 Å². The van der Waals surface area contributed by atoms with E-state index in [1.807, 2.05) is 11.8 Å². The Morgan fingerprint density at radius 1 is 1.07 bits per heavy atom. The van der Waals surface area contributed by atoms with Gasteiger partial charge in [0.1, 0.15) is 5.82 Å². The maximum atomic E-state index is 13.1. The molecule has 9 heteroatoms. The van der Waals surface area contributed by atoms with E-state index in [1.54, 1.807) is 42.5 Å². The predicted octanol–water partition coefficient (Wildman–Crippen LogP) is 3.13. The largest absolute Gasteiger partial charge is 0.370 e. The van der Waals surface area contributed by atoms with E-state index in [0.29, 0.717) is 30.4 Å². The average molecular weight is 546 g/mol. The Hall–Kier alpha value is -1.88. The van der Waals surface area contributed by atoms with E-state index >= 15 is 0 Å². The van der Waals surface area contributed by atoms with Crippen LogP contribution in [0.3, 0.4) is 0 Å². The molecule has 1 heterocycles. The summed E-state index contributed by atoms with van der Waals surface area (Å²) in [4.78, 5) is 8.95. The highest BCUT2D eigenvalue weighted by Gasteiger charge is 2.23. The fourth-order valence-electron chi connectivity index (χ4n) is 3.34. The summed E-state index contributed by atoms with van der Waals surface area (Å²) in [6.07, 6.45) is 0.586. The molecule has 0 amide bonds. The van der Waals surface area contributed by atoms with Crippen LogP contribution < -0.4 is 10.6 Å². The molecule has 1 aliphatic rings. The van der Waals surface area contributed by atoms with Gasteiger partial charge in [0.2, 0.25) is 0 Å². The zero-order valence-electron chi connectivity index (χ0n) is 16.9. The Morgan fingerprint density at radius 3 is 2.23 bits per heavy atom. The van der Waals surface area contributed by atoms with Crippen molar-refractivity contribution in [2.24, 2.45) is 10.7 Å². The molecule has 1 unspecified atom stereocenters. The van der Waals surface area contributed by atoms with Crippen LogP contribution in [0.15, 0.2) is 64.5 Å². The number of sulfone groups is 1. The first-order valence-electron chi connectivity index (χ1n) is 9.75. The summed E-state index contributed by atoms with van der Waals surface area (Å²) in [5.74, 6) is 0.0581. The van der Waals surface area contributed by atoms with Crippen LogP contribution in [0, 0.1) is 5.82 Å². The Kier molecular flexibility index (Phi) is 8.90. The summed E-state index contributed by atoms with van der Waals surface area (Å²) < 4.78 is 38.4. The SMILES string of the molecule is CCC(CS(=O)(=O)c1ccccc1)N=C(N)N1CCN(c2ccc(F)cc2)CC1.I. The Labute approximate surface area is 194 Å². The van der Waals surface area contributed by atoms with Gasteiger partial charge in [-0.25, -0.2) is 17.8 Å². The van der Waals surface area contributed by atoms with Gasteiger partial charge in [0.15, 0.2) is 15.8 Å². The Morgan fingerprint density at radius 2 is 1.67 bits per heavy atom. The molecule has 1 fully saturated rings. The molecule has 2 aromatic rings. The number of guanidine groups is 1. The lowest BCUT2D eigenvalue weighted by atomic mass is 10.2. The Balaban J connectivity index is 0.00000320. The minimum Gasteiger partial charge on any atom is -0.370 e. The number of benzene rings is 2. The monoisotopic (exact) mass is 546 g/mol. The first-order valence-corrected chi connectivity index (χ1v) is 11.4. The lowest BCUT2D eigenvalue weighted by Gasteiger charge is -2.37. The molecule has 0 saturated carbocycles. The summed E-state index contributed by atoms with van der Waals surface area (Å²) in [6.45, 7) is 4.74. The summed E-state index contributed by atoms with van der Waals surface area (Å²) >= 11 is 0. The van der Waals surface area contributed by atoms with Gasteiger partial charge >= 0.3 is 0 Å². The van der Waals surface area contributed by atoms with Crippen molar-refractivity contribution >= 4 is 45.5 Å². The van der Waals surface area contributed by atoms with Crippen molar-refractivity contribution < 1.29 is 12.8 Å². The molecule has 0 bridgehead atoms. The van der Waals surface area contributed by atoms with Gasteiger partial charge in [0.05, 0.1) is 16.7 Å². The average Bonchev–Trinajstić information content (AvgIpc) is 2.74. The summed E-state index contributed by atoms with van der Waals surface area (Å²) in [7, 11) is -3.42. The number of halogens is 2. The van der Waals surface area contributed by atoms with E-state index in [4.69, 9.17) is 5.73 Å². The highest BCUT2D eigenvalue weighted by molar-refractivity contribution is 14.0. The topological polar surface area (TPSA) is 79.0 Å². The minimum atomic E-state index is -3.42. The standard InChI is InChI=1S/C21H27FN4O2S.HI/c1-2-18(16-29(27,28)20-6-4-3-5-7-20)24-21(23)26-14-12-25(13-15-26)19-10-8-17(22)9-11-19;/h3-11,18H,2,12-16H2,1H3,(H2,23,24);1H. The number of aliphatic imine (C=N–C) groups is 1. The maximum Gasteiger partial charge on any atom is 0.191 e. The number of piperazine rings is 1. The summed E-state index contributed by atoms with van der Waals surface area (Å²) in [5, 5.41) is 0. The zero-order valence-corrected chi connectivity index (χ0v) is 20.1. The molecule has 0 spiro atoms. The van der Waals surface area contributed by atoms with Crippen molar-refractivity contribution in [1.82, 2.24) is 4.90 Å². The van der Waals surface area contributed by atoms with Crippen molar-refractivity contribution in [3.63, 3.8) is 0 Å². The molecule has 6 nitrogen and oxygen atoms in total. The molecule has 0 radical (unpaired) electrons. The van der Waals surface area contributed by atoms with Crippen LogP contribution in [0.4, 0.5) is 10.1 Å². The first-order chi connectivity index (χ1) is 13.9. The predicted molar refractivity (Wildman–Crippen MR) is 130 cm³/mol. The molecule has 0 aliphatic carbocycles. The van der Waals surface area contributed by atoms with Crippen LogP contribution >= 0.6 is 24.0 Å². The fraction of sp³-hybridized carbons (Fsp3) is 0.381. The fourth-order valence-corrected chi connectivity index (χ4v) is 4.92. The van der Waals surface area contributed by atoms with Gasteiger partial charge in [-0.1, -0.05) is 25.1 Å². The lowest BCUT2D eigenvalue weighted by Crippen LogP contribution is -2.51. The zero-order chi connectivity index (χ0) is 20.9. The van der Waals surface area contributed by atoms with Crippen molar-refractivity contribution in [1.29, 1.82) is 0 Å². The van der Waals surface area contributed by atoms with Crippen LogP contribution in [0.25, 0.3) is 0 Å². The molecule has 164 valence electrons. The normalized spacial score (nSPS) is 16.1. The molecule has 2 aromatic carbocycles. The van der Waals surface area contributed by atoms with Gasteiger partial charge in [-0.05, 0) is 42.8 Å². The van der Waals surface area contributed by atoms with Crippen LogP contribution in [-0.2, 0) is 9.84 Å². The second-order valence-corrected chi connectivity index (χ2v) is 9.13. The molecule has 1 atom stereocenters. The highest BCUT2D eigenvalue weighted by Crippen LogP contribution is 2.18. The number of nitrogens with two attached hydrogens (primary N) is 1. The number of hydrogen-bond acceptors (Lipinski definition) is 4. The Bertz CT molecular complexity index is 931. The summed E-state index contributed by atoms with van der Waals surface area (Å²) in [6, 6.07) is 14.5. The number of nitrogens with zero attached hydrogens (tertiary/aromatic N) is 3.